The SMILES string of the molecule is Cc1nc2cccc(C(=O)NCCc3c(C)[nH]c4ccc(F)cc34)c2o1. The lowest BCUT2D eigenvalue weighted by Crippen LogP contribution is -2.25. The van der Waals surface area contributed by atoms with E-state index >= 15 is 0 Å². The summed E-state index contributed by atoms with van der Waals surface area (Å²) in [7, 11) is 0. The number of carbonyl (C=O) groups excluding carboxylic acids is 1. The van der Waals surface area contributed by atoms with Crippen LogP contribution in [0.5, 0.6) is 0 Å². The summed E-state index contributed by atoms with van der Waals surface area (Å²) < 4.78 is 19.1. The molecule has 0 radical (unpaired) electrons. The van der Waals surface area contributed by atoms with Crippen molar-refractivity contribution >= 4 is 27.9 Å². The van der Waals surface area contributed by atoms with Gasteiger partial charge in [0.25, 0.3) is 5.91 Å². The molecule has 6 heteroatoms. The predicted octanol–water partition coefficient (Wildman–Crippen LogP) is 4.04. The topological polar surface area (TPSA) is 70.9 Å². The molecule has 1 amide bonds. The van der Waals surface area contributed by atoms with Gasteiger partial charge in [0, 0.05) is 30.1 Å². The summed E-state index contributed by atoms with van der Waals surface area (Å²) >= 11 is 0. The molecule has 0 bridgehead atoms. The van der Waals surface area contributed by atoms with Crippen LogP contribution in [0, 0.1) is 19.7 Å². The Kier molecular flexibility index (Phi) is 3.95. The van der Waals surface area contributed by atoms with Gasteiger partial charge in [-0.05, 0) is 49.2 Å². The average molecular weight is 351 g/mol. The zero-order chi connectivity index (χ0) is 18.3. The summed E-state index contributed by atoms with van der Waals surface area (Å²) in [5.74, 6) is 0.0428. The molecule has 2 N–H and O–H groups in total. The van der Waals surface area contributed by atoms with Gasteiger partial charge in [-0.3, -0.25) is 4.79 Å². The lowest BCUT2D eigenvalue weighted by atomic mass is 10.1. The van der Waals surface area contributed by atoms with Crippen LogP contribution >= 0.6 is 0 Å². The molecule has 26 heavy (non-hydrogen) atoms. The smallest absolute Gasteiger partial charge is 0.255 e. The van der Waals surface area contributed by atoms with E-state index in [1.54, 1.807) is 25.1 Å². The number of hydrogen-bond acceptors (Lipinski definition) is 3. The second kappa shape index (κ2) is 6.29. The third-order valence-electron chi connectivity index (χ3n) is 4.51. The maximum Gasteiger partial charge on any atom is 0.255 e. The summed E-state index contributed by atoms with van der Waals surface area (Å²) in [6, 6.07) is 10.00. The molecular weight excluding hydrogens is 333 g/mol. The van der Waals surface area contributed by atoms with E-state index in [1.165, 1.54) is 12.1 Å². The largest absolute Gasteiger partial charge is 0.440 e. The Morgan fingerprint density at radius 1 is 1.27 bits per heavy atom. The number of amides is 1. The molecule has 2 aromatic carbocycles. The predicted molar refractivity (Wildman–Crippen MR) is 97.8 cm³/mol. The van der Waals surface area contributed by atoms with Crippen molar-refractivity contribution < 1.29 is 13.6 Å². The molecule has 4 rings (SSSR count). The molecule has 0 aliphatic heterocycles. The van der Waals surface area contributed by atoms with Crippen molar-refractivity contribution in [2.45, 2.75) is 20.3 Å². The van der Waals surface area contributed by atoms with Crippen molar-refractivity contribution in [1.82, 2.24) is 15.3 Å². The Morgan fingerprint density at radius 2 is 2.12 bits per heavy atom. The van der Waals surface area contributed by atoms with Crippen LogP contribution in [0.3, 0.4) is 0 Å². The van der Waals surface area contributed by atoms with Gasteiger partial charge in [0.1, 0.15) is 11.3 Å². The number of H-pyrrole nitrogens is 1. The first-order chi connectivity index (χ1) is 12.5. The number of oxazole rings is 1. The van der Waals surface area contributed by atoms with Crippen molar-refractivity contribution in [3.8, 4) is 0 Å². The van der Waals surface area contributed by atoms with Crippen LogP contribution in [0.2, 0.25) is 0 Å². The quantitative estimate of drug-likeness (QED) is 0.583. The van der Waals surface area contributed by atoms with E-state index in [-0.39, 0.29) is 11.7 Å². The number of aryl methyl sites for hydroxylation is 2. The molecule has 0 saturated carbocycles. The number of rotatable bonds is 4. The van der Waals surface area contributed by atoms with Gasteiger partial charge in [-0.15, -0.1) is 0 Å². The highest BCUT2D eigenvalue weighted by Crippen LogP contribution is 2.23. The summed E-state index contributed by atoms with van der Waals surface area (Å²) in [4.78, 5) is 20.0. The molecule has 0 fully saturated rings. The molecular formula is C20H18FN3O2. The highest BCUT2D eigenvalue weighted by atomic mass is 19.1. The Labute approximate surface area is 149 Å². The number of carbonyl (C=O) groups is 1. The molecule has 0 aliphatic rings. The molecule has 5 nitrogen and oxygen atoms in total. The van der Waals surface area contributed by atoms with Crippen LogP contribution in [0.1, 0.15) is 27.5 Å². The fourth-order valence-corrected chi connectivity index (χ4v) is 3.31. The maximum absolute atomic E-state index is 13.5. The summed E-state index contributed by atoms with van der Waals surface area (Å²) in [5.41, 5.74) is 4.50. The maximum atomic E-state index is 13.5. The zero-order valence-corrected chi connectivity index (χ0v) is 14.5. The van der Waals surface area contributed by atoms with E-state index in [2.05, 4.69) is 15.3 Å². The monoisotopic (exact) mass is 351 g/mol. The minimum atomic E-state index is -0.269. The first-order valence-electron chi connectivity index (χ1n) is 8.44. The van der Waals surface area contributed by atoms with E-state index in [9.17, 15) is 9.18 Å². The van der Waals surface area contributed by atoms with Gasteiger partial charge in [-0.25, -0.2) is 9.37 Å². The number of benzene rings is 2. The van der Waals surface area contributed by atoms with Crippen LogP contribution in [-0.4, -0.2) is 22.4 Å². The van der Waals surface area contributed by atoms with Crippen LogP contribution < -0.4 is 5.32 Å². The molecule has 4 aromatic rings. The van der Waals surface area contributed by atoms with Gasteiger partial charge in [-0.2, -0.15) is 0 Å². The van der Waals surface area contributed by atoms with Crippen LogP contribution in [0.4, 0.5) is 4.39 Å². The number of hydrogen-bond donors (Lipinski definition) is 2. The van der Waals surface area contributed by atoms with Gasteiger partial charge in [0.05, 0.1) is 5.56 Å². The first-order valence-corrected chi connectivity index (χ1v) is 8.44. The Morgan fingerprint density at radius 3 is 2.96 bits per heavy atom. The third kappa shape index (κ3) is 2.83. The zero-order valence-electron chi connectivity index (χ0n) is 14.5. The van der Waals surface area contributed by atoms with E-state index < -0.39 is 0 Å². The highest BCUT2D eigenvalue weighted by molar-refractivity contribution is 6.04. The summed E-state index contributed by atoms with van der Waals surface area (Å²) in [6.07, 6.45) is 0.604. The van der Waals surface area contributed by atoms with E-state index in [0.29, 0.717) is 35.5 Å². The third-order valence-corrected chi connectivity index (χ3v) is 4.51. The van der Waals surface area contributed by atoms with Crippen molar-refractivity contribution in [2.75, 3.05) is 6.54 Å². The van der Waals surface area contributed by atoms with Crippen molar-refractivity contribution in [3.63, 3.8) is 0 Å². The minimum absolute atomic E-state index is 0.213. The van der Waals surface area contributed by atoms with Gasteiger partial charge in [0.15, 0.2) is 11.5 Å². The molecule has 2 heterocycles. The fraction of sp³-hybridized carbons (Fsp3) is 0.200. The number of halogens is 1. The van der Waals surface area contributed by atoms with Crippen molar-refractivity contribution in [1.29, 1.82) is 0 Å². The molecule has 0 unspecified atom stereocenters. The second-order valence-electron chi connectivity index (χ2n) is 6.31. The molecule has 2 aromatic heterocycles. The van der Waals surface area contributed by atoms with Gasteiger partial charge >= 0.3 is 0 Å². The lowest BCUT2D eigenvalue weighted by molar-refractivity contribution is 0.0955. The minimum Gasteiger partial charge on any atom is -0.440 e. The van der Waals surface area contributed by atoms with E-state index in [0.717, 1.165) is 22.2 Å². The van der Waals surface area contributed by atoms with Crippen LogP contribution in [-0.2, 0) is 6.42 Å². The Balaban J connectivity index is 1.52. The normalized spacial score (nSPS) is 11.3. The fourth-order valence-electron chi connectivity index (χ4n) is 3.31. The summed E-state index contributed by atoms with van der Waals surface area (Å²) in [5, 5.41) is 3.76. The Bertz CT molecular complexity index is 1130. The van der Waals surface area contributed by atoms with Gasteiger partial charge in [0.2, 0.25) is 0 Å². The number of nitrogens with one attached hydrogen (secondary N) is 2. The lowest BCUT2D eigenvalue weighted by Gasteiger charge is -2.06. The number of aromatic nitrogens is 2. The standard InChI is InChI=1S/C20H18FN3O2/c1-11-14(16-10-13(21)6-7-17(16)23-11)8-9-22-20(25)15-4-3-5-18-19(15)26-12(2)24-18/h3-7,10,23H,8-9H2,1-2H3,(H,22,25). The first kappa shape index (κ1) is 16.3. The van der Waals surface area contributed by atoms with Gasteiger partial charge < -0.3 is 14.7 Å². The number of fused-ring (bicyclic) bond motifs is 2. The van der Waals surface area contributed by atoms with Crippen molar-refractivity contribution in [2.24, 2.45) is 0 Å². The molecule has 0 aliphatic carbocycles. The number of aromatic amines is 1. The molecule has 0 saturated heterocycles. The van der Waals surface area contributed by atoms with Crippen LogP contribution in [0.15, 0.2) is 40.8 Å². The van der Waals surface area contributed by atoms with Crippen molar-refractivity contribution in [3.05, 3.63) is 64.9 Å². The Hall–Kier alpha value is -3.15. The van der Waals surface area contributed by atoms with Gasteiger partial charge in [-0.1, -0.05) is 6.07 Å². The second-order valence-corrected chi connectivity index (χ2v) is 6.31. The summed E-state index contributed by atoms with van der Waals surface area (Å²) in [6.45, 7) is 4.14. The average Bonchev–Trinajstić information content (AvgIpc) is 3.13. The van der Waals surface area contributed by atoms with E-state index in [1.807, 2.05) is 13.0 Å². The molecule has 132 valence electrons. The molecule has 0 atom stereocenters. The number of para-hydroxylation sites is 1. The van der Waals surface area contributed by atoms with Crippen LogP contribution in [0.25, 0.3) is 22.0 Å². The number of nitrogens with zero attached hydrogens (tertiary/aromatic N) is 1. The highest BCUT2D eigenvalue weighted by Gasteiger charge is 2.15. The van der Waals surface area contributed by atoms with E-state index in [4.69, 9.17) is 4.42 Å². The molecule has 0 spiro atoms.